The molecule has 8 nitrogen and oxygen atoms in total. The van der Waals surface area contributed by atoms with E-state index >= 15 is 0 Å². The molecule has 0 aromatic heterocycles. The summed E-state index contributed by atoms with van der Waals surface area (Å²) < 4.78 is 22.0. The van der Waals surface area contributed by atoms with E-state index in [1.54, 1.807) is 6.08 Å². The van der Waals surface area contributed by atoms with E-state index in [-0.39, 0.29) is 25.7 Å². The van der Waals surface area contributed by atoms with Gasteiger partial charge >= 0.3 is 7.82 Å². The lowest BCUT2D eigenvalue weighted by molar-refractivity contribution is -0.123. The molecule has 0 aromatic carbocycles. The van der Waals surface area contributed by atoms with Crippen molar-refractivity contribution in [2.24, 2.45) is 5.73 Å². The number of rotatable bonds is 39. The van der Waals surface area contributed by atoms with Gasteiger partial charge < -0.3 is 21.1 Å². The van der Waals surface area contributed by atoms with Gasteiger partial charge in [-0.15, -0.1) is 0 Å². The van der Waals surface area contributed by atoms with Crippen LogP contribution in [-0.4, -0.2) is 47.8 Å². The number of nitrogens with one attached hydrogen (secondary N) is 1. The molecule has 1 amide bonds. The summed E-state index contributed by atoms with van der Waals surface area (Å²) in [6, 6.07) is -0.870. The second kappa shape index (κ2) is 37.7. The number of aliphatic hydroxyl groups excluding tert-OH is 1. The first-order valence-corrected chi connectivity index (χ1v) is 22.5. The third kappa shape index (κ3) is 35.4. The molecule has 0 fully saturated rings. The van der Waals surface area contributed by atoms with Gasteiger partial charge in [-0.3, -0.25) is 13.8 Å². The number of hydrogen-bond donors (Lipinski definition) is 4. The van der Waals surface area contributed by atoms with Crippen molar-refractivity contribution in [2.75, 3.05) is 19.8 Å². The average Bonchev–Trinajstić information content (AvgIpc) is 3.10. The van der Waals surface area contributed by atoms with Gasteiger partial charge in [0.1, 0.15) is 0 Å². The zero-order valence-electron chi connectivity index (χ0n) is 32.6. The number of carbonyl (C=O) groups is 1. The highest BCUT2D eigenvalue weighted by Crippen LogP contribution is 2.43. The van der Waals surface area contributed by atoms with Crippen LogP contribution < -0.4 is 11.1 Å². The van der Waals surface area contributed by atoms with Crippen molar-refractivity contribution >= 4 is 13.7 Å². The van der Waals surface area contributed by atoms with Gasteiger partial charge in [0, 0.05) is 13.0 Å². The van der Waals surface area contributed by atoms with Crippen LogP contribution >= 0.6 is 7.82 Å². The SMILES string of the molecule is CCCC/C=C/CC/C=C/C(O)C(COP(=O)(O)OCCN)NC(=O)CCCCCCCCCCCCCCCCCCCCCCCCC. The summed E-state index contributed by atoms with van der Waals surface area (Å²) in [6.45, 7) is 4.05. The van der Waals surface area contributed by atoms with E-state index < -0.39 is 20.0 Å². The molecule has 3 atom stereocenters. The zero-order chi connectivity index (χ0) is 36.8. The molecule has 0 heterocycles. The van der Waals surface area contributed by atoms with Gasteiger partial charge in [0.05, 0.1) is 25.4 Å². The van der Waals surface area contributed by atoms with Crippen LogP contribution in [-0.2, 0) is 18.4 Å². The molecule has 3 unspecified atom stereocenters. The number of nitrogens with two attached hydrogens (primary N) is 1. The number of allylic oxidation sites excluding steroid dienone is 3. The number of phosphoric ester groups is 1. The molecular formula is C41H81N2O6P. The lowest BCUT2D eigenvalue weighted by atomic mass is 10.0. The highest BCUT2D eigenvalue weighted by atomic mass is 31.2. The van der Waals surface area contributed by atoms with Crippen molar-refractivity contribution < 1.29 is 28.4 Å². The largest absolute Gasteiger partial charge is 0.472 e. The van der Waals surface area contributed by atoms with E-state index in [4.69, 9.17) is 14.8 Å². The van der Waals surface area contributed by atoms with Crippen molar-refractivity contribution in [1.82, 2.24) is 5.32 Å². The molecule has 0 radical (unpaired) electrons. The van der Waals surface area contributed by atoms with Crippen LogP contribution in [0.15, 0.2) is 24.3 Å². The maximum absolute atomic E-state index is 12.7. The van der Waals surface area contributed by atoms with Crippen LogP contribution in [0.4, 0.5) is 0 Å². The van der Waals surface area contributed by atoms with E-state index in [1.165, 1.54) is 141 Å². The van der Waals surface area contributed by atoms with Crippen LogP contribution in [0, 0.1) is 0 Å². The van der Waals surface area contributed by atoms with Gasteiger partial charge in [0.2, 0.25) is 5.91 Å². The fraction of sp³-hybridized carbons (Fsp3) is 0.878. The minimum absolute atomic E-state index is 0.0753. The number of unbranched alkanes of at least 4 members (excludes halogenated alkanes) is 25. The van der Waals surface area contributed by atoms with Crippen molar-refractivity contribution in [2.45, 2.75) is 212 Å². The Hall–Kier alpha value is -1.02. The highest BCUT2D eigenvalue weighted by Gasteiger charge is 2.26. The Morgan fingerprint density at radius 2 is 1.06 bits per heavy atom. The summed E-state index contributed by atoms with van der Waals surface area (Å²) >= 11 is 0. The number of amides is 1. The van der Waals surface area contributed by atoms with Gasteiger partial charge in [-0.1, -0.05) is 192 Å². The monoisotopic (exact) mass is 729 g/mol. The predicted molar refractivity (Wildman–Crippen MR) is 212 cm³/mol. The molecule has 0 aliphatic carbocycles. The first-order chi connectivity index (χ1) is 24.4. The van der Waals surface area contributed by atoms with Gasteiger partial charge in [-0.2, -0.15) is 0 Å². The average molecular weight is 729 g/mol. The molecule has 0 spiro atoms. The number of phosphoric acid groups is 1. The molecule has 296 valence electrons. The minimum Gasteiger partial charge on any atom is -0.387 e. The molecule has 9 heteroatoms. The first kappa shape index (κ1) is 49.0. The van der Waals surface area contributed by atoms with E-state index in [9.17, 15) is 19.4 Å². The zero-order valence-corrected chi connectivity index (χ0v) is 33.5. The summed E-state index contributed by atoms with van der Waals surface area (Å²) in [4.78, 5) is 22.6. The maximum Gasteiger partial charge on any atom is 0.472 e. The molecule has 0 bridgehead atoms. The summed E-state index contributed by atoms with van der Waals surface area (Å²) in [5, 5.41) is 13.5. The van der Waals surface area contributed by atoms with Crippen molar-refractivity contribution in [3.63, 3.8) is 0 Å². The highest BCUT2D eigenvalue weighted by molar-refractivity contribution is 7.47. The first-order valence-electron chi connectivity index (χ1n) is 21.0. The van der Waals surface area contributed by atoms with Crippen LogP contribution in [0.2, 0.25) is 0 Å². The Labute approximate surface area is 308 Å². The maximum atomic E-state index is 12.7. The number of aliphatic hydroxyl groups is 1. The van der Waals surface area contributed by atoms with Gasteiger partial charge in [-0.25, -0.2) is 4.57 Å². The number of carbonyl (C=O) groups excluding carboxylic acids is 1. The van der Waals surface area contributed by atoms with Gasteiger partial charge in [0.15, 0.2) is 0 Å². The van der Waals surface area contributed by atoms with Crippen LogP contribution in [0.5, 0.6) is 0 Å². The fourth-order valence-electron chi connectivity index (χ4n) is 6.08. The van der Waals surface area contributed by atoms with Crippen LogP contribution in [0.25, 0.3) is 0 Å². The minimum atomic E-state index is -4.33. The van der Waals surface area contributed by atoms with Crippen LogP contribution in [0.1, 0.15) is 200 Å². The Bertz CT molecular complexity index is 840. The summed E-state index contributed by atoms with van der Waals surface area (Å²) in [5.41, 5.74) is 5.35. The second-order valence-electron chi connectivity index (χ2n) is 14.2. The standard InChI is InChI=1S/C41H81N2O6P/c1-3-5-7-9-11-13-14-15-16-17-18-19-20-21-22-23-24-25-26-27-29-31-33-35-41(45)43-39(38-49-50(46,47)48-37-36-42)40(44)34-32-30-28-12-10-8-6-4-2/h10,12,32,34,39-40,44H,3-9,11,13-31,33,35-38,42H2,1-2H3,(H,43,45)(H,46,47)/b12-10+,34-32+. The molecule has 0 saturated carbocycles. The predicted octanol–water partition coefficient (Wildman–Crippen LogP) is 11.4. The lowest BCUT2D eigenvalue weighted by Crippen LogP contribution is -2.45. The topological polar surface area (TPSA) is 131 Å². The Kier molecular flexibility index (Phi) is 37.0. The summed E-state index contributed by atoms with van der Waals surface area (Å²) in [6.07, 6.45) is 42.6. The smallest absolute Gasteiger partial charge is 0.387 e. The van der Waals surface area contributed by atoms with Crippen molar-refractivity contribution in [1.29, 1.82) is 0 Å². The van der Waals surface area contributed by atoms with Crippen molar-refractivity contribution in [3.8, 4) is 0 Å². The molecule has 0 aromatic rings. The molecule has 0 aliphatic rings. The van der Waals surface area contributed by atoms with E-state index in [2.05, 4.69) is 31.3 Å². The molecule has 0 saturated heterocycles. The number of hydrogen-bond acceptors (Lipinski definition) is 6. The molecular weight excluding hydrogens is 647 g/mol. The van der Waals surface area contributed by atoms with Gasteiger partial charge in [0.25, 0.3) is 0 Å². The molecule has 0 aliphatic heterocycles. The van der Waals surface area contributed by atoms with E-state index in [0.717, 1.165) is 38.5 Å². The Balaban J connectivity index is 3.98. The lowest BCUT2D eigenvalue weighted by Gasteiger charge is -2.23. The van der Waals surface area contributed by atoms with Crippen LogP contribution in [0.3, 0.4) is 0 Å². The summed E-state index contributed by atoms with van der Waals surface area (Å²) in [7, 11) is -4.33. The molecule has 5 N–H and O–H groups in total. The second-order valence-corrected chi connectivity index (χ2v) is 15.7. The fourth-order valence-corrected chi connectivity index (χ4v) is 6.84. The third-order valence-corrected chi connectivity index (χ3v) is 10.3. The normalized spacial score (nSPS) is 14.4. The quantitative estimate of drug-likeness (QED) is 0.0281. The summed E-state index contributed by atoms with van der Waals surface area (Å²) in [5.74, 6) is -0.205. The van der Waals surface area contributed by atoms with Gasteiger partial charge in [-0.05, 0) is 25.7 Å². The third-order valence-electron chi connectivity index (χ3n) is 9.28. The Morgan fingerprint density at radius 3 is 1.52 bits per heavy atom. The molecule has 50 heavy (non-hydrogen) atoms. The van der Waals surface area contributed by atoms with Crippen molar-refractivity contribution in [3.05, 3.63) is 24.3 Å². The molecule has 0 rings (SSSR count). The van der Waals surface area contributed by atoms with E-state index in [0.29, 0.717) is 6.42 Å². The Morgan fingerprint density at radius 1 is 0.640 bits per heavy atom. The van der Waals surface area contributed by atoms with E-state index in [1.807, 2.05) is 6.08 Å².